The summed E-state index contributed by atoms with van der Waals surface area (Å²) >= 11 is 0. The average Bonchev–Trinajstić information content (AvgIpc) is 2.38. The van der Waals surface area contributed by atoms with E-state index in [4.69, 9.17) is 19.9 Å². The van der Waals surface area contributed by atoms with Gasteiger partial charge in [-0.25, -0.2) is 0 Å². The van der Waals surface area contributed by atoms with Gasteiger partial charge in [-0.2, -0.15) is 9.97 Å². The lowest BCUT2D eigenvalue weighted by Crippen LogP contribution is -2.00. The predicted molar refractivity (Wildman–Crippen MR) is 66.1 cm³/mol. The second kappa shape index (κ2) is 5.22. The molecule has 0 aliphatic rings. The Morgan fingerprint density at radius 1 is 0.944 bits per heavy atom. The maximum Gasteiger partial charge on any atom is 0.228 e. The second-order valence-electron chi connectivity index (χ2n) is 3.36. The van der Waals surface area contributed by atoms with Crippen LogP contribution in [0.5, 0.6) is 23.3 Å². The topological polar surface area (TPSA) is 79.5 Å². The third-order valence-corrected chi connectivity index (χ3v) is 2.19. The van der Waals surface area contributed by atoms with Gasteiger partial charge in [0.25, 0.3) is 0 Å². The largest absolute Gasteiger partial charge is 0.493 e. The fourth-order valence-corrected chi connectivity index (χ4v) is 1.39. The molecule has 0 fully saturated rings. The van der Waals surface area contributed by atoms with E-state index in [0.29, 0.717) is 23.3 Å². The van der Waals surface area contributed by atoms with Crippen LogP contribution < -0.4 is 19.9 Å². The van der Waals surface area contributed by atoms with Gasteiger partial charge in [0.2, 0.25) is 17.7 Å². The molecule has 6 heteroatoms. The Morgan fingerprint density at radius 3 is 2.28 bits per heavy atom. The van der Waals surface area contributed by atoms with E-state index >= 15 is 0 Å². The summed E-state index contributed by atoms with van der Waals surface area (Å²) in [6.07, 6.45) is 0. The molecule has 0 atom stereocenters. The highest BCUT2D eigenvalue weighted by molar-refractivity contribution is 5.42. The molecule has 6 nitrogen and oxygen atoms in total. The minimum atomic E-state index is 0.0826. The molecule has 1 aromatic carbocycles. The first-order valence-corrected chi connectivity index (χ1v) is 5.22. The van der Waals surface area contributed by atoms with E-state index in [-0.39, 0.29) is 5.95 Å². The average molecular weight is 247 g/mol. The number of nitrogens with two attached hydrogens (primary N) is 1. The lowest BCUT2D eigenvalue weighted by atomic mass is 10.3. The fourth-order valence-electron chi connectivity index (χ4n) is 1.39. The molecule has 2 rings (SSSR count). The summed E-state index contributed by atoms with van der Waals surface area (Å²) in [7, 11) is 3.06. The summed E-state index contributed by atoms with van der Waals surface area (Å²) in [6, 6.07) is 8.78. The van der Waals surface area contributed by atoms with E-state index in [1.807, 2.05) is 12.1 Å². The monoisotopic (exact) mass is 247 g/mol. The zero-order valence-electron chi connectivity index (χ0n) is 10.1. The minimum absolute atomic E-state index is 0.0826. The van der Waals surface area contributed by atoms with E-state index in [2.05, 4.69) is 9.97 Å². The molecule has 0 bridgehead atoms. The van der Waals surface area contributed by atoms with Crippen molar-refractivity contribution in [3.8, 4) is 23.3 Å². The zero-order valence-corrected chi connectivity index (χ0v) is 10.1. The highest BCUT2D eigenvalue weighted by atomic mass is 16.5. The number of rotatable bonds is 4. The van der Waals surface area contributed by atoms with Crippen molar-refractivity contribution in [1.29, 1.82) is 0 Å². The molecular weight excluding hydrogens is 234 g/mol. The summed E-state index contributed by atoms with van der Waals surface area (Å²) in [4.78, 5) is 7.83. The molecule has 2 aromatic rings. The van der Waals surface area contributed by atoms with Crippen LogP contribution in [0.4, 0.5) is 5.95 Å². The van der Waals surface area contributed by atoms with Crippen LogP contribution in [-0.4, -0.2) is 24.2 Å². The molecule has 0 radical (unpaired) electrons. The van der Waals surface area contributed by atoms with Crippen LogP contribution in [0.3, 0.4) is 0 Å². The maximum atomic E-state index is 5.59. The second-order valence-corrected chi connectivity index (χ2v) is 3.36. The molecule has 0 spiro atoms. The van der Waals surface area contributed by atoms with Crippen LogP contribution in [0, 0.1) is 0 Å². The maximum absolute atomic E-state index is 5.59. The van der Waals surface area contributed by atoms with Crippen molar-refractivity contribution < 1.29 is 14.2 Å². The first-order chi connectivity index (χ1) is 8.72. The Balaban J connectivity index is 2.30. The van der Waals surface area contributed by atoms with Gasteiger partial charge >= 0.3 is 0 Å². The first kappa shape index (κ1) is 12.0. The summed E-state index contributed by atoms with van der Waals surface area (Å²) in [5.41, 5.74) is 5.55. The number of hydrogen-bond acceptors (Lipinski definition) is 6. The Hall–Kier alpha value is -2.50. The van der Waals surface area contributed by atoms with Crippen LogP contribution >= 0.6 is 0 Å². The number of benzene rings is 1. The van der Waals surface area contributed by atoms with E-state index in [1.54, 1.807) is 25.3 Å². The molecule has 94 valence electrons. The van der Waals surface area contributed by atoms with Crippen molar-refractivity contribution in [2.45, 2.75) is 0 Å². The minimum Gasteiger partial charge on any atom is -0.493 e. The van der Waals surface area contributed by atoms with E-state index in [9.17, 15) is 0 Å². The highest BCUT2D eigenvalue weighted by Crippen LogP contribution is 2.31. The van der Waals surface area contributed by atoms with Gasteiger partial charge in [-0.3, -0.25) is 0 Å². The number of methoxy groups -OCH3 is 2. The molecule has 0 aliphatic carbocycles. The van der Waals surface area contributed by atoms with Crippen molar-refractivity contribution in [1.82, 2.24) is 9.97 Å². The van der Waals surface area contributed by atoms with Crippen LogP contribution in [0.25, 0.3) is 0 Å². The summed E-state index contributed by atoms with van der Waals surface area (Å²) < 4.78 is 15.7. The van der Waals surface area contributed by atoms with Crippen molar-refractivity contribution in [3.05, 3.63) is 30.3 Å². The number of aromatic nitrogens is 2. The van der Waals surface area contributed by atoms with Gasteiger partial charge in [0, 0.05) is 0 Å². The molecule has 0 aliphatic heterocycles. The molecule has 1 aromatic heterocycles. The molecular formula is C12H13N3O3. The normalized spacial score (nSPS) is 9.89. The van der Waals surface area contributed by atoms with E-state index in [1.165, 1.54) is 7.11 Å². The molecule has 18 heavy (non-hydrogen) atoms. The summed E-state index contributed by atoms with van der Waals surface area (Å²) in [6.45, 7) is 0. The molecule has 0 saturated heterocycles. The van der Waals surface area contributed by atoms with Crippen molar-refractivity contribution in [2.75, 3.05) is 20.0 Å². The lowest BCUT2D eigenvalue weighted by Gasteiger charge is -2.09. The van der Waals surface area contributed by atoms with Crippen LogP contribution in [0.1, 0.15) is 0 Å². The Kier molecular flexibility index (Phi) is 3.47. The summed E-state index contributed by atoms with van der Waals surface area (Å²) in [5, 5.41) is 0. The number of ether oxygens (including phenoxy) is 3. The van der Waals surface area contributed by atoms with Gasteiger partial charge in [-0.1, -0.05) is 12.1 Å². The first-order valence-electron chi connectivity index (χ1n) is 5.22. The number of anilines is 1. The zero-order chi connectivity index (χ0) is 13.0. The Morgan fingerprint density at radius 2 is 1.61 bits per heavy atom. The Labute approximate surface area is 104 Å². The number of hydrogen-bond donors (Lipinski definition) is 1. The lowest BCUT2D eigenvalue weighted by molar-refractivity contribution is 0.367. The number of para-hydroxylation sites is 2. The van der Waals surface area contributed by atoms with Crippen LogP contribution in [0.15, 0.2) is 30.3 Å². The third kappa shape index (κ3) is 2.60. The van der Waals surface area contributed by atoms with E-state index in [0.717, 1.165) is 0 Å². The third-order valence-electron chi connectivity index (χ3n) is 2.19. The smallest absolute Gasteiger partial charge is 0.228 e. The van der Waals surface area contributed by atoms with Gasteiger partial charge < -0.3 is 19.9 Å². The van der Waals surface area contributed by atoms with Gasteiger partial charge in [-0.05, 0) is 12.1 Å². The number of nitrogens with zero attached hydrogens (tertiary/aromatic N) is 2. The molecule has 0 unspecified atom stereocenters. The van der Waals surface area contributed by atoms with Crippen LogP contribution in [0.2, 0.25) is 0 Å². The molecule has 2 N–H and O–H groups in total. The van der Waals surface area contributed by atoms with Crippen molar-refractivity contribution in [3.63, 3.8) is 0 Å². The fraction of sp³-hybridized carbons (Fsp3) is 0.167. The standard InChI is InChI=1S/C12H13N3O3/c1-16-8-5-3-4-6-9(8)18-11-7-10(17-2)14-12(13)15-11/h3-7H,1-2H3,(H2,13,14,15). The van der Waals surface area contributed by atoms with Gasteiger partial charge in [0.1, 0.15) is 0 Å². The van der Waals surface area contributed by atoms with Gasteiger partial charge in [-0.15, -0.1) is 0 Å². The van der Waals surface area contributed by atoms with E-state index < -0.39 is 0 Å². The van der Waals surface area contributed by atoms with Crippen molar-refractivity contribution >= 4 is 5.95 Å². The predicted octanol–water partition coefficient (Wildman–Crippen LogP) is 1.87. The molecule has 1 heterocycles. The SMILES string of the molecule is COc1cc(Oc2ccccc2OC)nc(N)n1. The molecule has 0 amide bonds. The quantitative estimate of drug-likeness (QED) is 0.888. The number of nitrogen functional groups attached to an aromatic ring is 1. The van der Waals surface area contributed by atoms with Gasteiger partial charge in [0.15, 0.2) is 11.5 Å². The highest BCUT2D eigenvalue weighted by Gasteiger charge is 2.08. The Bertz CT molecular complexity index is 546. The van der Waals surface area contributed by atoms with Crippen molar-refractivity contribution in [2.24, 2.45) is 0 Å². The van der Waals surface area contributed by atoms with Crippen LogP contribution in [-0.2, 0) is 0 Å². The summed E-state index contributed by atoms with van der Waals surface area (Å²) in [5.74, 6) is 1.87. The molecule has 0 saturated carbocycles. The van der Waals surface area contributed by atoms with Gasteiger partial charge in [0.05, 0.1) is 20.3 Å².